The summed E-state index contributed by atoms with van der Waals surface area (Å²) in [5, 5.41) is 3.41. The lowest BCUT2D eigenvalue weighted by Gasteiger charge is -2.16. The third kappa shape index (κ3) is 6.21. The van der Waals surface area contributed by atoms with Crippen LogP contribution in [0.5, 0.6) is 0 Å². The molecule has 0 aliphatic heterocycles. The summed E-state index contributed by atoms with van der Waals surface area (Å²) in [6, 6.07) is 0.615. The van der Waals surface area contributed by atoms with Gasteiger partial charge in [0.1, 0.15) is 0 Å². The first kappa shape index (κ1) is 11.5. The normalized spacial score (nSPS) is 12.9. The maximum atomic E-state index is 5.18. The third-order valence-electron chi connectivity index (χ3n) is 1.96. The topological polar surface area (TPSA) is 15.3 Å². The Morgan fingerprint density at radius 1 is 1.58 bits per heavy atom. The van der Waals surface area contributed by atoms with Gasteiger partial charge in [0.05, 0.1) is 6.54 Å². The number of likely N-dealkylation sites (N-methyl/N-ethyl adjacent to an activating group) is 1. The molecule has 0 aliphatic rings. The molecule has 0 saturated carbocycles. The van der Waals surface area contributed by atoms with Crippen molar-refractivity contribution in [3.63, 3.8) is 0 Å². The molecule has 2 heteroatoms. The van der Waals surface area contributed by atoms with Gasteiger partial charge in [-0.05, 0) is 20.4 Å². The summed E-state index contributed by atoms with van der Waals surface area (Å²) >= 11 is 0. The molecule has 12 heavy (non-hydrogen) atoms. The van der Waals surface area contributed by atoms with Crippen LogP contribution in [0.4, 0.5) is 0 Å². The van der Waals surface area contributed by atoms with E-state index < -0.39 is 0 Å². The van der Waals surface area contributed by atoms with Gasteiger partial charge >= 0.3 is 0 Å². The van der Waals surface area contributed by atoms with Gasteiger partial charge in [-0.2, -0.15) is 0 Å². The minimum Gasteiger partial charge on any atom is -0.313 e. The molecular weight excluding hydrogens is 148 g/mol. The fourth-order valence-electron chi connectivity index (χ4n) is 0.881. The van der Waals surface area contributed by atoms with E-state index >= 15 is 0 Å². The van der Waals surface area contributed by atoms with E-state index in [9.17, 15) is 0 Å². The molecule has 0 spiro atoms. The Balaban J connectivity index is 3.25. The lowest BCUT2D eigenvalue weighted by atomic mass is 10.2. The van der Waals surface area contributed by atoms with Crippen LogP contribution in [0.1, 0.15) is 20.3 Å². The van der Waals surface area contributed by atoms with Gasteiger partial charge < -0.3 is 5.32 Å². The smallest absolute Gasteiger partial charge is 0.0596 e. The van der Waals surface area contributed by atoms with Gasteiger partial charge in [-0.15, -0.1) is 6.42 Å². The second-order valence-corrected chi connectivity index (χ2v) is 3.21. The highest BCUT2D eigenvalue weighted by Gasteiger charge is 1.98. The quantitative estimate of drug-likeness (QED) is 0.594. The minimum atomic E-state index is 0.615. The van der Waals surface area contributed by atoms with Gasteiger partial charge in [-0.3, -0.25) is 4.90 Å². The predicted molar refractivity (Wildman–Crippen MR) is 54.1 cm³/mol. The maximum absolute atomic E-state index is 5.18. The van der Waals surface area contributed by atoms with E-state index in [0.29, 0.717) is 6.04 Å². The van der Waals surface area contributed by atoms with Crippen LogP contribution in [0.3, 0.4) is 0 Å². The maximum Gasteiger partial charge on any atom is 0.0596 e. The monoisotopic (exact) mass is 168 g/mol. The van der Waals surface area contributed by atoms with Crippen LogP contribution in [-0.2, 0) is 0 Å². The minimum absolute atomic E-state index is 0.615. The molecule has 0 aromatic rings. The molecule has 2 nitrogen and oxygen atoms in total. The van der Waals surface area contributed by atoms with E-state index in [1.54, 1.807) is 0 Å². The van der Waals surface area contributed by atoms with Crippen LogP contribution in [0.25, 0.3) is 0 Å². The summed E-state index contributed by atoms with van der Waals surface area (Å²) in [6.45, 7) is 7.16. The van der Waals surface area contributed by atoms with Crippen LogP contribution in [-0.4, -0.2) is 37.6 Å². The molecule has 0 aromatic heterocycles. The van der Waals surface area contributed by atoms with Gasteiger partial charge in [0.2, 0.25) is 0 Å². The molecule has 0 rings (SSSR count). The van der Waals surface area contributed by atoms with Crippen LogP contribution in [0.2, 0.25) is 0 Å². The van der Waals surface area contributed by atoms with Crippen molar-refractivity contribution in [1.29, 1.82) is 0 Å². The van der Waals surface area contributed by atoms with Crippen molar-refractivity contribution >= 4 is 0 Å². The average molecular weight is 168 g/mol. The second kappa shape index (κ2) is 7.15. The Kier molecular flexibility index (Phi) is 6.84. The van der Waals surface area contributed by atoms with E-state index in [1.807, 2.05) is 7.05 Å². The highest BCUT2D eigenvalue weighted by atomic mass is 15.1. The molecule has 0 fully saturated rings. The molecule has 0 aromatic carbocycles. The first-order valence-electron chi connectivity index (χ1n) is 4.56. The van der Waals surface area contributed by atoms with Crippen molar-refractivity contribution < 1.29 is 0 Å². The molecule has 1 N–H and O–H groups in total. The summed E-state index contributed by atoms with van der Waals surface area (Å²) in [5.41, 5.74) is 0. The number of nitrogens with zero attached hydrogens (tertiary/aromatic N) is 1. The van der Waals surface area contributed by atoms with E-state index in [4.69, 9.17) is 6.42 Å². The predicted octanol–water partition coefficient (Wildman–Crippen LogP) is 0.939. The second-order valence-electron chi connectivity index (χ2n) is 3.21. The van der Waals surface area contributed by atoms with Gasteiger partial charge in [-0.1, -0.05) is 12.8 Å². The lowest BCUT2D eigenvalue weighted by molar-refractivity contribution is 0.359. The van der Waals surface area contributed by atoms with Gasteiger partial charge in [0, 0.05) is 19.1 Å². The molecule has 0 heterocycles. The molecule has 1 unspecified atom stereocenters. The van der Waals surface area contributed by atoms with Crippen LogP contribution in [0.15, 0.2) is 0 Å². The number of hydrogen-bond acceptors (Lipinski definition) is 2. The molecule has 0 saturated heterocycles. The standard InChI is InChI=1S/C10H20N2/c1-5-8-12(4)9-7-11-10(3)6-2/h1,10-11H,6-9H2,2-4H3. The summed E-state index contributed by atoms with van der Waals surface area (Å²) < 4.78 is 0. The van der Waals surface area contributed by atoms with Gasteiger partial charge in [0.15, 0.2) is 0 Å². The fourth-order valence-corrected chi connectivity index (χ4v) is 0.881. The number of hydrogen-bond donors (Lipinski definition) is 1. The zero-order valence-corrected chi connectivity index (χ0v) is 8.43. The first-order valence-corrected chi connectivity index (χ1v) is 4.56. The zero-order chi connectivity index (χ0) is 9.40. The summed E-state index contributed by atoms with van der Waals surface area (Å²) in [7, 11) is 2.04. The van der Waals surface area contributed by atoms with E-state index in [1.165, 1.54) is 6.42 Å². The van der Waals surface area contributed by atoms with Crippen molar-refractivity contribution in [2.45, 2.75) is 26.3 Å². The van der Waals surface area contributed by atoms with E-state index in [-0.39, 0.29) is 0 Å². The van der Waals surface area contributed by atoms with E-state index in [2.05, 4.69) is 30.0 Å². The highest BCUT2D eigenvalue weighted by Crippen LogP contribution is 1.86. The number of nitrogens with one attached hydrogen (secondary N) is 1. The van der Waals surface area contributed by atoms with Gasteiger partial charge in [-0.25, -0.2) is 0 Å². The SMILES string of the molecule is C#CCN(C)CCNC(C)CC. The zero-order valence-electron chi connectivity index (χ0n) is 8.43. The van der Waals surface area contributed by atoms with Crippen molar-refractivity contribution in [1.82, 2.24) is 10.2 Å². The molecule has 70 valence electrons. The molecule has 1 atom stereocenters. The molecule has 0 aliphatic carbocycles. The van der Waals surface area contributed by atoms with Crippen LogP contribution in [0, 0.1) is 12.3 Å². The van der Waals surface area contributed by atoms with Crippen LogP contribution >= 0.6 is 0 Å². The largest absolute Gasteiger partial charge is 0.313 e. The van der Waals surface area contributed by atoms with Crippen molar-refractivity contribution in [2.24, 2.45) is 0 Å². The fraction of sp³-hybridized carbons (Fsp3) is 0.800. The first-order chi connectivity index (χ1) is 5.70. The number of terminal acetylenes is 1. The Morgan fingerprint density at radius 2 is 2.25 bits per heavy atom. The lowest BCUT2D eigenvalue weighted by Crippen LogP contribution is -2.34. The third-order valence-corrected chi connectivity index (χ3v) is 1.96. The summed E-state index contributed by atoms with van der Waals surface area (Å²) in [6.07, 6.45) is 6.35. The highest BCUT2D eigenvalue weighted by molar-refractivity contribution is 4.87. The van der Waals surface area contributed by atoms with Gasteiger partial charge in [0.25, 0.3) is 0 Å². The van der Waals surface area contributed by atoms with E-state index in [0.717, 1.165) is 19.6 Å². The van der Waals surface area contributed by atoms with Crippen molar-refractivity contribution in [3.8, 4) is 12.3 Å². The molecule has 0 amide bonds. The number of rotatable bonds is 6. The summed E-state index contributed by atoms with van der Waals surface area (Å²) in [5.74, 6) is 2.62. The Morgan fingerprint density at radius 3 is 2.75 bits per heavy atom. The Labute approximate surface area is 76.3 Å². The van der Waals surface area contributed by atoms with Crippen molar-refractivity contribution in [3.05, 3.63) is 0 Å². The average Bonchev–Trinajstić information content (AvgIpc) is 2.04. The Hall–Kier alpha value is -0.520. The Bertz CT molecular complexity index is 137. The van der Waals surface area contributed by atoms with Crippen molar-refractivity contribution in [2.75, 3.05) is 26.7 Å². The van der Waals surface area contributed by atoms with Crippen LogP contribution < -0.4 is 5.32 Å². The molecular formula is C10H20N2. The molecule has 0 radical (unpaired) electrons. The summed E-state index contributed by atoms with van der Waals surface area (Å²) in [4.78, 5) is 2.13. The molecule has 0 bridgehead atoms.